The molecule has 1 aromatic rings. The average Bonchev–Trinajstić information content (AvgIpc) is 2.25. The Hall–Kier alpha value is -1.31. The number of hydrogen-bond acceptors (Lipinski definition) is 2. The largest absolute Gasteiger partial charge is 0.496 e. The lowest BCUT2D eigenvalue weighted by atomic mass is 9.85. The maximum absolute atomic E-state index is 12.1. The van der Waals surface area contributed by atoms with E-state index in [-0.39, 0.29) is 17.1 Å². The zero-order valence-corrected chi connectivity index (χ0v) is 11.6. The average molecular weight is 234 g/mol. The van der Waals surface area contributed by atoms with Crippen molar-refractivity contribution in [1.29, 1.82) is 0 Å². The molecule has 0 aliphatic rings. The predicted molar refractivity (Wildman–Crippen MR) is 70.9 cm³/mol. The number of hydrogen-bond donors (Lipinski definition) is 0. The molecule has 0 aliphatic heterocycles. The summed E-state index contributed by atoms with van der Waals surface area (Å²) in [4.78, 5) is 12.1. The molecule has 0 bridgehead atoms. The van der Waals surface area contributed by atoms with Gasteiger partial charge in [0, 0.05) is 5.92 Å². The normalized spacial score (nSPS) is 11.7. The third kappa shape index (κ3) is 3.09. The fourth-order valence-electron chi connectivity index (χ4n) is 1.68. The fraction of sp³-hybridized carbons (Fsp3) is 0.533. The molecule has 17 heavy (non-hydrogen) atoms. The van der Waals surface area contributed by atoms with E-state index < -0.39 is 0 Å². The summed E-state index contributed by atoms with van der Waals surface area (Å²) in [6, 6.07) is 5.87. The van der Waals surface area contributed by atoms with Gasteiger partial charge >= 0.3 is 0 Å². The molecule has 0 saturated heterocycles. The maximum Gasteiger partial charge on any atom is 0.169 e. The zero-order valence-electron chi connectivity index (χ0n) is 11.6. The minimum atomic E-state index is -0.0147. The minimum Gasteiger partial charge on any atom is -0.496 e. The highest BCUT2D eigenvalue weighted by atomic mass is 16.5. The summed E-state index contributed by atoms with van der Waals surface area (Å²) >= 11 is 0. The topological polar surface area (TPSA) is 26.3 Å². The summed E-state index contributed by atoms with van der Waals surface area (Å²) in [6.45, 7) is 10.2. The number of rotatable bonds is 3. The van der Waals surface area contributed by atoms with Gasteiger partial charge in [-0.15, -0.1) is 0 Å². The SMILES string of the molecule is COc1ccc(C(C)(C)C)cc1C(=O)C(C)C. The molecule has 0 fully saturated rings. The van der Waals surface area contributed by atoms with Crippen LogP contribution in [0.25, 0.3) is 0 Å². The van der Waals surface area contributed by atoms with E-state index in [1.165, 1.54) is 0 Å². The van der Waals surface area contributed by atoms with Gasteiger partial charge in [0.05, 0.1) is 12.7 Å². The van der Waals surface area contributed by atoms with Gasteiger partial charge in [-0.3, -0.25) is 4.79 Å². The van der Waals surface area contributed by atoms with E-state index >= 15 is 0 Å². The van der Waals surface area contributed by atoms with Gasteiger partial charge in [0.1, 0.15) is 5.75 Å². The molecule has 1 aromatic carbocycles. The predicted octanol–water partition coefficient (Wildman–Crippen LogP) is 3.83. The van der Waals surface area contributed by atoms with Crippen LogP contribution in [0.1, 0.15) is 50.5 Å². The summed E-state index contributed by atoms with van der Waals surface area (Å²) in [5.74, 6) is 0.781. The van der Waals surface area contributed by atoms with Gasteiger partial charge in [0.15, 0.2) is 5.78 Å². The first-order valence-electron chi connectivity index (χ1n) is 6.00. The second kappa shape index (κ2) is 4.91. The fourth-order valence-corrected chi connectivity index (χ4v) is 1.68. The van der Waals surface area contributed by atoms with Gasteiger partial charge in [-0.05, 0) is 23.1 Å². The van der Waals surface area contributed by atoms with Crippen molar-refractivity contribution in [3.05, 3.63) is 29.3 Å². The van der Waals surface area contributed by atoms with Crippen molar-refractivity contribution in [2.75, 3.05) is 7.11 Å². The van der Waals surface area contributed by atoms with Crippen molar-refractivity contribution in [2.24, 2.45) is 5.92 Å². The third-order valence-corrected chi connectivity index (χ3v) is 2.86. The molecular formula is C15H22O2. The van der Waals surface area contributed by atoms with Crippen molar-refractivity contribution in [1.82, 2.24) is 0 Å². The van der Waals surface area contributed by atoms with Gasteiger partial charge in [-0.25, -0.2) is 0 Å². The Balaban J connectivity index is 3.30. The van der Waals surface area contributed by atoms with Crippen molar-refractivity contribution in [3.8, 4) is 5.75 Å². The van der Waals surface area contributed by atoms with Crippen molar-refractivity contribution in [2.45, 2.75) is 40.0 Å². The van der Waals surface area contributed by atoms with E-state index in [2.05, 4.69) is 20.8 Å². The molecule has 0 amide bonds. The lowest BCUT2D eigenvalue weighted by molar-refractivity contribution is 0.0936. The van der Waals surface area contributed by atoms with Crippen LogP contribution in [0.15, 0.2) is 18.2 Å². The van der Waals surface area contributed by atoms with Gasteiger partial charge in [0.25, 0.3) is 0 Å². The standard InChI is InChI=1S/C15H22O2/c1-10(2)14(16)12-9-11(15(3,4)5)7-8-13(12)17-6/h7-10H,1-6H3. The van der Waals surface area contributed by atoms with Gasteiger partial charge in [-0.1, -0.05) is 40.7 Å². The van der Waals surface area contributed by atoms with Crippen molar-refractivity contribution < 1.29 is 9.53 Å². The lowest BCUT2D eigenvalue weighted by Gasteiger charge is -2.21. The number of ketones is 1. The highest BCUT2D eigenvalue weighted by molar-refractivity contribution is 6.00. The van der Waals surface area contributed by atoms with Gasteiger partial charge in [0.2, 0.25) is 0 Å². The van der Waals surface area contributed by atoms with E-state index in [0.29, 0.717) is 11.3 Å². The number of methoxy groups -OCH3 is 1. The molecule has 94 valence electrons. The molecule has 0 unspecified atom stereocenters. The number of Topliss-reactive ketones (excluding diaryl/α,β-unsaturated/α-hetero) is 1. The Labute approximate surface area is 104 Å². The minimum absolute atomic E-state index is 0.0147. The first-order chi connectivity index (χ1) is 7.77. The van der Waals surface area contributed by atoms with E-state index in [0.717, 1.165) is 5.56 Å². The van der Waals surface area contributed by atoms with Crippen LogP contribution in [0.5, 0.6) is 5.75 Å². The van der Waals surface area contributed by atoms with E-state index in [1.807, 2.05) is 32.0 Å². The molecule has 2 nitrogen and oxygen atoms in total. The second-order valence-corrected chi connectivity index (χ2v) is 5.68. The van der Waals surface area contributed by atoms with Crippen LogP contribution >= 0.6 is 0 Å². The molecule has 0 heterocycles. The van der Waals surface area contributed by atoms with Crippen LogP contribution in [0.4, 0.5) is 0 Å². The Bertz CT molecular complexity index is 411. The summed E-state index contributed by atoms with van der Waals surface area (Å²) in [5.41, 5.74) is 1.88. The van der Waals surface area contributed by atoms with Gasteiger partial charge in [-0.2, -0.15) is 0 Å². The summed E-state index contributed by atoms with van der Waals surface area (Å²) in [5, 5.41) is 0. The number of ether oxygens (including phenoxy) is 1. The zero-order chi connectivity index (χ0) is 13.2. The summed E-state index contributed by atoms with van der Waals surface area (Å²) in [7, 11) is 1.60. The molecule has 0 saturated carbocycles. The molecule has 0 aromatic heterocycles. The summed E-state index contributed by atoms with van der Waals surface area (Å²) in [6.07, 6.45) is 0. The molecule has 0 aliphatic carbocycles. The lowest BCUT2D eigenvalue weighted by Crippen LogP contribution is -2.15. The molecule has 0 radical (unpaired) electrons. The number of carbonyl (C=O) groups is 1. The second-order valence-electron chi connectivity index (χ2n) is 5.68. The van der Waals surface area contributed by atoms with Gasteiger partial charge < -0.3 is 4.74 Å². The van der Waals surface area contributed by atoms with E-state index in [9.17, 15) is 4.79 Å². The first-order valence-corrected chi connectivity index (χ1v) is 6.00. The molecule has 0 spiro atoms. The smallest absolute Gasteiger partial charge is 0.169 e. The van der Waals surface area contributed by atoms with Crippen LogP contribution in [0.3, 0.4) is 0 Å². The van der Waals surface area contributed by atoms with E-state index in [4.69, 9.17) is 4.74 Å². The van der Waals surface area contributed by atoms with Crippen LogP contribution in [0, 0.1) is 5.92 Å². The molecule has 0 atom stereocenters. The van der Waals surface area contributed by atoms with Crippen LogP contribution in [0.2, 0.25) is 0 Å². The highest BCUT2D eigenvalue weighted by Gasteiger charge is 2.20. The van der Waals surface area contributed by atoms with Crippen LogP contribution < -0.4 is 4.74 Å². The molecule has 0 N–H and O–H groups in total. The molecule has 1 rings (SSSR count). The summed E-state index contributed by atoms with van der Waals surface area (Å²) < 4.78 is 5.26. The monoisotopic (exact) mass is 234 g/mol. The van der Waals surface area contributed by atoms with Crippen molar-refractivity contribution in [3.63, 3.8) is 0 Å². The quantitative estimate of drug-likeness (QED) is 0.743. The third-order valence-electron chi connectivity index (χ3n) is 2.86. The first kappa shape index (κ1) is 13.8. The number of carbonyl (C=O) groups excluding carboxylic acids is 1. The maximum atomic E-state index is 12.1. The van der Waals surface area contributed by atoms with E-state index in [1.54, 1.807) is 7.11 Å². The Morgan fingerprint density at radius 2 is 1.82 bits per heavy atom. The Morgan fingerprint density at radius 3 is 2.24 bits per heavy atom. The van der Waals surface area contributed by atoms with Crippen LogP contribution in [-0.2, 0) is 5.41 Å². The highest BCUT2D eigenvalue weighted by Crippen LogP contribution is 2.29. The Kier molecular flexibility index (Phi) is 3.97. The Morgan fingerprint density at radius 1 is 1.24 bits per heavy atom. The van der Waals surface area contributed by atoms with Crippen LogP contribution in [-0.4, -0.2) is 12.9 Å². The van der Waals surface area contributed by atoms with Crippen molar-refractivity contribution >= 4 is 5.78 Å². The molecular weight excluding hydrogens is 212 g/mol. The molecule has 2 heteroatoms. The number of benzene rings is 1.